The summed E-state index contributed by atoms with van der Waals surface area (Å²) in [6.45, 7) is 0.346. The molecule has 1 heterocycles. The quantitative estimate of drug-likeness (QED) is 0.622. The second-order valence-electron chi connectivity index (χ2n) is 8.19. The first-order valence-corrected chi connectivity index (χ1v) is 11.2. The number of anilines is 1. The fourth-order valence-electron chi connectivity index (χ4n) is 4.27. The number of hydrogen-bond donors (Lipinski definition) is 1. The molecule has 1 N–H and O–H groups in total. The zero-order valence-electron chi connectivity index (χ0n) is 16.2. The SMILES string of the molecule is CC(F)(F)CC[C@H]1CN(C2CCCC2)c2cc(C(F)(F)F)c(O)cc2S(=O)(=O)[C@H]1F. The highest BCUT2D eigenvalue weighted by atomic mass is 32.2. The minimum atomic E-state index is -4.95. The van der Waals surface area contributed by atoms with Crippen LogP contribution in [0.3, 0.4) is 0 Å². The number of aromatic hydroxyl groups is 1. The first kappa shape index (κ1) is 23.0. The second kappa shape index (κ2) is 7.80. The first-order valence-electron chi connectivity index (χ1n) is 9.68. The molecule has 3 rings (SSSR count). The molecule has 1 saturated carbocycles. The van der Waals surface area contributed by atoms with Crippen molar-refractivity contribution >= 4 is 15.5 Å². The van der Waals surface area contributed by atoms with E-state index in [1.165, 1.54) is 4.90 Å². The Hall–Kier alpha value is -1.65. The Morgan fingerprint density at radius 2 is 1.73 bits per heavy atom. The number of alkyl halides is 6. The van der Waals surface area contributed by atoms with Gasteiger partial charge in [-0.05, 0) is 32.3 Å². The number of rotatable bonds is 4. The Morgan fingerprint density at radius 1 is 1.13 bits per heavy atom. The fourth-order valence-corrected chi connectivity index (χ4v) is 5.98. The molecule has 0 unspecified atom stereocenters. The van der Waals surface area contributed by atoms with Crippen molar-refractivity contribution < 1.29 is 39.9 Å². The van der Waals surface area contributed by atoms with Crippen molar-refractivity contribution in [2.45, 2.75) is 74.0 Å². The smallest absolute Gasteiger partial charge is 0.420 e. The van der Waals surface area contributed by atoms with Crippen LogP contribution in [-0.2, 0) is 16.0 Å². The van der Waals surface area contributed by atoms with Crippen LogP contribution < -0.4 is 4.90 Å². The molecule has 30 heavy (non-hydrogen) atoms. The van der Waals surface area contributed by atoms with Crippen molar-refractivity contribution in [3.05, 3.63) is 17.7 Å². The van der Waals surface area contributed by atoms with Crippen molar-refractivity contribution in [2.75, 3.05) is 11.4 Å². The minimum Gasteiger partial charge on any atom is -0.507 e. The molecule has 11 heteroatoms. The average molecular weight is 459 g/mol. The largest absolute Gasteiger partial charge is 0.507 e. The van der Waals surface area contributed by atoms with Crippen LogP contribution in [0.5, 0.6) is 5.75 Å². The molecule has 1 aromatic rings. The predicted octanol–water partition coefficient (Wildman–Crippen LogP) is 5.29. The molecule has 0 saturated heterocycles. The lowest BCUT2D eigenvalue weighted by Gasteiger charge is -2.33. The maximum atomic E-state index is 15.1. The monoisotopic (exact) mass is 459 g/mol. The van der Waals surface area contributed by atoms with E-state index in [1.807, 2.05) is 0 Å². The number of nitrogens with zero attached hydrogens (tertiary/aromatic N) is 1. The van der Waals surface area contributed by atoms with Gasteiger partial charge in [0, 0.05) is 31.0 Å². The summed E-state index contributed by atoms with van der Waals surface area (Å²) in [6, 6.07) is 0.627. The maximum absolute atomic E-state index is 15.1. The van der Waals surface area contributed by atoms with Gasteiger partial charge in [-0.2, -0.15) is 13.2 Å². The molecule has 1 fully saturated rings. The van der Waals surface area contributed by atoms with Crippen molar-refractivity contribution in [2.24, 2.45) is 5.92 Å². The Kier molecular flexibility index (Phi) is 5.98. The normalized spacial score (nSPS) is 25.2. The molecule has 1 aliphatic carbocycles. The molecule has 170 valence electrons. The topological polar surface area (TPSA) is 57.6 Å². The summed E-state index contributed by atoms with van der Waals surface area (Å²) >= 11 is 0. The molecule has 0 aromatic heterocycles. The number of sulfone groups is 1. The summed E-state index contributed by atoms with van der Waals surface area (Å²) in [5, 5.41) is 9.82. The highest BCUT2D eigenvalue weighted by Crippen LogP contribution is 2.46. The van der Waals surface area contributed by atoms with Crippen LogP contribution in [0.1, 0.15) is 51.0 Å². The third kappa shape index (κ3) is 4.50. The van der Waals surface area contributed by atoms with Gasteiger partial charge in [-0.1, -0.05) is 12.8 Å². The molecule has 0 radical (unpaired) electrons. The van der Waals surface area contributed by atoms with Crippen molar-refractivity contribution in [1.29, 1.82) is 0 Å². The zero-order chi connectivity index (χ0) is 22.5. The Labute approximate surface area is 170 Å². The minimum absolute atomic E-state index is 0.295. The van der Waals surface area contributed by atoms with Crippen molar-refractivity contribution in [1.82, 2.24) is 0 Å². The van der Waals surface area contributed by atoms with Crippen molar-refractivity contribution in [3.8, 4) is 5.75 Å². The fraction of sp³-hybridized carbons (Fsp3) is 0.684. The standard InChI is InChI=1S/C19H23F6NO3S/c1-18(21,22)7-6-11-10-26(12-4-2-3-5-12)14-8-13(19(23,24)25)15(27)9-16(14)30(28,29)17(11)20/h8-9,11-12,17,27H,2-7,10H2,1H3/t11-,17+/m0/s1. The third-order valence-corrected chi connectivity index (χ3v) is 7.73. The third-order valence-electron chi connectivity index (χ3n) is 5.82. The molecule has 2 aliphatic rings. The highest BCUT2D eigenvalue weighted by molar-refractivity contribution is 7.92. The van der Waals surface area contributed by atoms with Gasteiger partial charge in [0.25, 0.3) is 0 Å². The van der Waals surface area contributed by atoms with Gasteiger partial charge in [-0.15, -0.1) is 0 Å². The highest BCUT2D eigenvalue weighted by Gasteiger charge is 2.46. The number of hydrogen-bond acceptors (Lipinski definition) is 4. The van der Waals surface area contributed by atoms with E-state index in [4.69, 9.17) is 0 Å². The number of phenols is 1. The first-order chi connectivity index (χ1) is 13.7. The van der Waals surface area contributed by atoms with Crippen LogP contribution >= 0.6 is 0 Å². The van der Waals surface area contributed by atoms with Gasteiger partial charge in [0.2, 0.25) is 21.3 Å². The van der Waals surface area contributed by atoms with Gasteiger partial charge in [-0.25, -0.2) is 21.6 Å². The maximum Gasteiger partial charge on any atom is 0.420 e. The average Bonchev–Trinajstić information content (AvgIpc) is 3.11. The van der Waals surface area contributed by atoms with E-state index in [9.17, 15) is 35.5 Å². The molecule has 0 spiro atoms. The molecule has 1 aromatic carbocycles. The van der Waals surface area contributed by atoms with Gasteiger partial charge in [0.1, 0.15) is 5.75 Å². The van der Waals surface area contributed by atoms with Crippen LogP contribution in [0.2, 0.25) is 0 Å². The number of fused-ring (bicyclic) bond motifs is 1. The van der Waals surface area contributed by atoms with E-state index >= 15 is 4.39 Å². The van der Waals surface area contributed by atoms with Gasteiger partial charge >= 0.3 is 6.18 Å². The number of phenolic OH excluding ortho intramolecular Hbond substituents is 1. The van der Waals surface area contributed by atoms with Crippen LogP contribution in [0, 0.1) is 5.92 Å². The Morgan fingerprint density at radius 3 is 2.27 bits per heavy atom. The number of benzene rings is 1. The predicted molar refractivity (Wildman–Crippen MR) is 98.1 cm³/mol. The van der Waals surface area contributed by atoms with E-state index < -0.39 is 62.4 Å². The lowest BCUT2D eigenvalue weighted by Crippen LogP contribution is -2.39. The summed E-state index contributed by atoms with van der Waals surface area (Å²) in [5.74, 6) is -5.80. The van der Waals surface area contributed by atoms with Gasteiger partial charge in [-0.3, -0.25) is 0 Å². The van der Waals surface area contributed by atoms with E-state index in [0.29, 0.717) is 31.9 Å². The molecule has 4 nitrogen and oxygen atoms in total. The Balaban J connectivity index is 2.15. The lowest BCUT2D eigenvalue weighted by atomic mass is 9.99. The summed E-state index contributed by atoms with van der Waals surface area (Å²) < 4.78 is 108. The molecular formula is C19H23F6NO3S. The van der Waals surface area contributed by atoms with E-state index in [2.05, 4.69) is 0 Å². The van der Waals surface area contributed by atoms with E-state index in [0.717, 1.165) is 12.8 Å². The summed E-state index contributed by atoms with van der Waals surface area (Å²) in [6.07, 6.45) is -3.48. The van der Waals surface area contributed by atoms with Gasteiger partial charge < -0.3 is 10.0 Å². The lowest BCUT2D eigenvalue weighted by molar-refractivity contribution is -0.138. The second-order valence-corrected chi connectivity index (χ2v) is 10.2. The summed E-state index contributed by atoms with van der Waals surface area (Å²) in [7, 11) is -4.80. The molecule has 0 amide bonds. The molecule has 1 aliphatic heterocycles. The van der Waals surface area contributed by atoms with Crippen LogP contribution in [0.4, 0.5) is 32.0 Å². The van der Waals surface area contributed by atoms with Gasteiger partial charge in [0.05, 0.1) is 16.1 Å². The van der Waals surface area contributed by atoms with Crippen LogP contribution in [0.15, 0.2) is 17.0 Å². The Bertz CT molecular complexity index is 891. The number of halogens is 6. The summed E-state index contributed by atoms with van der Waals surface area (Å²) in [5.41, 5.74) is -4.32. The molecule has 2 atom stereocenters. The van der Waals surface area contributed by atoms with E-state index in [-0.39, 0.29) is 18.3 Å². The van der Waals surface area contributed by atoms with Crippen LogP contribution in [-0.4, -0.2) is 37.5 Å². The molecular weight excluding hydrogens is 436 g/mol. The van der Waals surface area contributed by atoms with Crippen molar-refractivity contribution in [3.63, 3.8) is 0 Å². The van der Waals surface area contributed by atoms with Gasteiger partial charge in [0.15, 0.2) is 0 Å². The van der Waals surface area contributed by atoms with E-state index in [1.54, 1.807) is 0 Å². The van der Waals surface area contributed by atoms with Crippen LogP contribution in [0.25, 0.3) is 0 Å². The zero-order valence-corrected chi connectivity index (χ0v) is 17.0. The summed E-state index contributed by atoms with van der Waals surface area (Å²) in [4.78, 5) is 0.672. The molecule has 0 bridgehead atoms.